The number of benzene rings is 3. The summed E-state index contributed by atoms with van der Waals surface area (Å²) < 4.78 is 24.6. The summed E-state index contributed by atoms with van der Waals surface area (Å²) in [6.45, 7) is 0. The van der Waals surface area contributed by atoms with Gasteiger partial charge in [0, 0.05) is 29.1 Å². The molecule has 0 saturated heterocycles. The third kappa shape index (κ3) is 5.05. The van der Waals surface area contributed by atoms with Gasteiger partial charge < -0.3 is 0 Å². The van der Waals surface area contributed by atoms with Gasteiger partial charge in [-0.25, -0.2) is 13.4 Å². The fraction of sp³-hybridized carbons (Fsp3) is 0.0800. The standard InChI is InChI=1S/C25H21N3O4S2/c1-28(34(2,31)32)19-14-12-17(13-15-19)22-16-33-25(26-22)27-24(30)21-11-7-6-10-20(21)23(29)18-8-4-3-5-9-18/h3-16H,1-2H3,(H,26,27,30). The van der Waals surface area contributed by atoms with Crippen molar-refractivity contribution in [3.05, 3.63) is 101 Å². The van der Waals surface area contributed by atoms with Gasteiger partial charge in [-0.2, -0.15) is 0 Å². The molecule has 0 unspecified atom stereocenters. The Morgan fingerprint density at radius 1 is 0.882 bits per heavy atom. The number of anilines is 2. The van der Waals surface area contributed by atoms with E-state index < -0.39 is 15.9 Å². The highest BCUT2D eigenvalue weighted by atomic mass is 32.2. The first-order valence-electron chi connectivity index (χ1n) is 10.2. The second kappa shape index (κ2) is 9.58. The van der Waals surface area contributed by atoms with Crippen molar-refractivity contribution in [2.45, 2.75) is 0 Å². The van der Waals surface area contributed by atoms with Crippen LogP contribution in [0.2, 0.25) is 0 Å². The topological polar surface area (TPSA) is 96.4 Å². The van der Waals surface area contributed by atoms with Gasteiger partial charge in [-0.15, -0.1) is 11.3 Å². The first-order valence-corrected chi connectivity index (χ1v) is 13.0. The Labute approximate surface area is 201 Å². The molecule has 0 aliphatic carbocycles. The van der Waals surface area contributed by atoms with Crippen molar-refractivity contribution in [3.8, 4) is 11.3 Å². The number of aromatic nitrogens is 1. The predicted molar refractivity (Wildman–Crippen MR) is 135 cm³/mol. The van der Waals surface area contributed by atoms with Gasteiger partial charge in [0.1, 0.15) is 0 Å². The lowest BCUT2D eigenvalue weighted by Crippen LogP contribution is -2.24. The van der Waals surface area contributed by atoms with Crippen LogP contribution >= 0.6 is 11.3 Å². The Kier molecular flexibility index (Phi) is 6.58. The number of sulfonamides is 1. The van der Waals surface area contributed by atoms with E-state index in [4.69, 9.17) is 0 Å². The Morgan fingerprint density at radius 3 is 2.15 bits per heavy atom. The molecule has 0 saturated carbocycles. The molecule has 1 N–H and O–H groups in total. The van der Waals surface area contributed by atoms with E-state index in [0.29, 0.717) is 27.6 Å². The number of hydrogen-bond donors (Lipinski definition) is 1. The highest BCUT2D eigenvalue weighted by Gasteiger charge is 2.19. The molecule has 0 bridgehead atoms. The minimum absolute atomic E-state index is 0.231. The van der Waals surface area contributed by atoms with Gasteiger partial charge in [-0.05, 0) is 18.2 Å². The number of thiazole rings is 1. The van der Waals surface area contributed by atoms with Crippen LogP contribution in [0, 0.1) is 0 Å². The van der Waals surface area contributed by atoms with Crippen molar-refractivity contribution in [1.29, 1.82) is 0 Å². The molecule has 9 heteroatoms. The van der Waals surface area contributed by atoms with Gasteiger partial charge in [0.05, 0.1) is 23.2 Å². The first-order chi connectivity index (χ1) is 16.2. The summed E-state index contributed by atoms with van der Waals surface area (Å²) in [5, 5.41) is 4.96. The van der Waals surface area contributed by atoms with Crippen LogP contribution in [-0.2, 0) is 10.0 Å². The average molecular weight is 492 g/mol. The highest BCUT2D eigenvalue weighted by Crippen LogP contribution is 2.28. The Hall–Kier alpha value is -3.82. The van der Waals surface area contributed by atoms with Crippen LogP contribution in [0.25, 0.3) is 11.3 Å². The van der Waals surface area contributed by atoms with E-state index in [9.17, 15) is 18.0 Å². The van der Waals surface area contributed by atoms with E-state index in [1.165, 1.54) is 22.7 Å². The van der Waals surface area contributed by atoms with Gasteiger partial charge in [-0.3, -0.25) is 19.2 Å². The number of hydrogen-bond acceptors (Lipinski definition) is 6. The quantitative estimate of drug-likeness (QED) is 0.379. The van der Waals surface area contributed by atoms with Crippen LogP contribution in [0.3, 0.4) is 0 Å². The summed E-state index contributed by atoms with van der Waals surface area (Å²) in [5.41, 5.74) is 3.04. The maximum absolute atomic E-state index is 13.0. The number of nitrogens with one attached hydrogen (secondary N) is 1. The number of amides is 1. The van der Waals surface area contributed by atoms with Crippen molar-refractivity contribution in [2.24, 2.45) is 0 Å². The summed E-state index contributed by atoms with van der Waals surface area (Å²) >= 11 is 1.26. The molecule has 7 nitrogen and oxygen atoms in total. The third-order valence-electron chi connectivity index (χ3n) is 5.20. The Morgan fingerprint density at radius 2 is 1.50 bits per heavy atom. The molecule has 0 aliphatic heterocycles. The Balaban J connectivity index is 1.52. The zero-order valence-corrected chi connectivity index (χ0v) is 20.1. The van der Waals surface area contributed by atoms with Gasteiger partial charge in [0.15, 0.2) is 10.9 Å². The van der Waals surface area contributed by atoms with Gasteiger partial charge >= 0.3 is 0 Å². The van der Waals surface area contributed by atoms with Crippen molar-refractivity contribution < 1.29 is 18.0 Å². The maximum Gasteiger partial charge on any atom is 0.258 e. The van der Waals surface area contributed by atoms with Crippen LogP contribution in [0.4, 0.5) is 10.8 Å². The van der Waals surface area contributed by atoms with Gasteiger partial charge in [-0.1, -0.05) is 60.7 Å². The lowest BCUT2D eigenvalue weighted by Gasteiger charge is -2.16. The van der Waals surface area contributed by atoms with Crippen LogP contribution in [0.5, 0.6) is 0 Å². The van der Waals surface area contributed by atoms with Crippen LogP contribution < -0.4 is 9.62 Å². The molecule has 172 valence electrons. The zero-order chi connectivity index (χ0) is 24.3. The van der Waals surface area contributed by atoms with E-state index in [1.807, 2.05) is 6.07 Å². The molecule has 4 rings (SSSR count). The second-order valence-corrected chi connectivity index (χ2v) is 10.4. The van der Waals surface area contributed by atoms with Crippen molar-refractivity contribution in [1.82, 2.24) is 4.98 Å². The minimum atomic E-state index is -3.35. The van der Waals surface area contributed by atoms with E-state index in [2.05, 4.69) is 10.3 Å². The van der Waals surface area contributed by atoms with Gasteiger partial charge in [0.25, 0.3) is 5.91 Å². The molecule has 0 spiro atoms. The monoisotopic (exact) mass is 491 g/mol. The molecule has 0 fully saturated rings. The molecule has 3 aromatic carbocycles. The summed E-state index contributed by atoms with van der Waals surface area (Å²) in [6, 6.07) is 22.4. The van der Waals surface area contributed by atoms with Crippen molar-refractivity contribution in [2.75, 3.05) is 22.9 Å². The third-order valence-corrected chi connectivity index (χ3v) is 7.16. The summed E-state index contributed by atoms with van der Waals surface area (Å²) in [4.78, 5) is 30.4. The lowest BCUT2D eigenvalue weighted by atomic mass is 9.98. The molecule has 0 atom stereocenters. The molecule has 0 radical (unpaired) electrons. The molecule has 1 aromatic heterocycles. The van der Waals surface area contributed by atoms with Crippen molar-refractivity contribution >= 4 is 43.9 Å². The molecular weight excluding hydrogens is 470 g/mol. The van der Waals surface area contributed by atoms with E-state index >= 15 is 0 Å². The SMILES string of the molecule is CN(c1ccc(-c2csc(NC(=O)c3ccccc3C(=O)c3ccccc3)n2)cc1)S(C)(=O)=O. The minimum Gasteiger partial charge on any atom is -0.298 e. The molecule has 34 heavy (non-hydrogen) atoms. The fourth-order valence-electron chi connectivity index (χ4n) is 3.29. The number of carbonyl (C=O) groups excluding carboxylic acids is 2. The average Bonchev–Trinajstić information content (AvgIpc) is 3.31. The number of carbonyl (C=O) groups is 2. The number of rotatable bonds is 7. The fourth-order valence-corrected chi connectivity index (χ4v) is 4.51. The van der Waals surface area contributed by atoms with Crippen LogP contribution in [0.15, 0.2) is 84.2 Å². The van der Waals surface area contributed by atoms with Crippen molar-refractivity contribution in [3.63, 3.8) is 0 Å². The maximum atomic E-state index is 13.0. The van der Waals surface area contributed by atoms with Crippen LogP contribution in [0.1, 0.15) is 26.3 Å². The molecule has 1 amide bonds. The van der Waals surface area contributed by atoms with Crippen LogP contribution in [-0.4, -0.2) is 38.4 Å². The summed E-state index contributed by atoms with van der Waals surface area (Å²) in [6.07, 6.45) is 1.14. The molecule has 0 aliphatic rings. The number of ketones is 1. The zero-order valence-electron chi connectivity index (χ0n) is 18.4. The number of nitrogens with zero attached hydrogens (tertiary/aromatic N) is 2. The molecular formula is C25H21N3O4S2. The molecule has 4 aromatic rings. The predicted octanol–water partition coefficient (Wildman–Crippen LogP) is 4.69. The summed E-state index contributed by atoms with van der Waals surface area (Å²) in [5.74, 6) is -0.656. The smallest absolute Gasteiger partial charge is 0.258 e. The van der Waals surface area contributed by atoms with E-state index in [1.54, 1.807) is 78.2 Å². The molecule has 1 heterocycles. The van der Waals surface area contributed by atoms with Gasteiger partial charge in [0.2, 0.25) is 10.0 Å². The normalized spacial score (nSPS) is 11.1. The highest BCUT2D eigenvalue weighted by molar-refractivity contribution is 7.92. The largest absolute Gasteiger partial charge is 0.298 e. The van der Waals surface area contributed by atoms with E-state index in [0.717, 1.165) is 11.8 Å². The summed E-state index contributed by atoms with van der Waals surface area (Å²) in [7, 11) is -1.86. The first kappa shape index (κ1) is 23.3. The lowest BCUT2D eigenvalue weighted by molar-refractivity contribution is 0.0996. The second-order valence-electron chi connectivity index (χ2n) is 7.51. The Bertz CT molecular complexity index is 1450. The van der Waals surface area contributed by atoms with E-state index in [-0.39, 0.29) is 11.3 Å².